The number of aliphatic carboxylic acids is 1. The molecule has 3 N–H and O–H groups in total. The molecule has 138 valence electrons. The topological polar surface area (TPSA) is 150 Å². The second-order valence-corrected chi connectivity index (χ2v) is 7.48. The van der Waals surface area contributed by atoms with Crippen LogP contribution in [0.5, 0.6) is 0 Å². The van der Waals surface area contributed by atoms with Crippen LogP contribution < -0.4 is 5.32 Å². The minimum atomic E-state index is -4.72. The van der Waals surface area contributed by atoms with Crippen LogP contribution in [0.15, 0.2) is 22.2 Å². The van der Waals surface area contributed by atoms with Gasteiger partial charge in [0.1, 0.15) is 5.70 Å². The largest absolute Gasteiger partial charge is 0.477 e. The van der Waals surface area contributed by atoms with Crippen molar-refractivity contribution in [3.63, 3.8) is 0 Å². The minimum Gasteiger partial charge on any atom is -0.477 e. The van der Waals surface area contributed by atoms with Crippen molar-refractivity contribution < 1.29 is 36.6 Å². The van der Waals surface area contributed by atoms with Gasteiger partial charge in [-0.25, -0.2) is 8.98 Å². The normalized spacial score (nSPS) is 24.3. The van der Waals surface area contributed by atoms with E-state index in [1.165, 1.54) is 25.5 Å². The molecule has 0 aromatic carbocycles. The molecule has 2 rings (SSSR count). The first kappa shape index (κ1) is 19.4. The van der Waals surface area contributed by atoms with Crippen LogP contribution in [0.4, 0.5) is 0 Å². The molecule has 2 aliphatic heterocycles. The van der Waals surface area contributed by atoms with Crippen LogP contribution in [0.25, 0.3) is 0 Å². The van der Waals surface area contributed by atoms with Crippen molar-refractivity contribution >= 4 is 39.9 Å². The van der Waals surface area contributed by atoms with Gasteiger partial charge in [-0.1, -0.05) is 11.8 Å². The summed E-state index contributed by atoms with van der Waals surface area (Å²) < 4.78 is 34.8. The molecular formula is C13H16N2O8S2. The maximum Gasteiger partial charge on any atom is 0.397 e. The number of fused-ring (bicyclic) bond motifs is 1. The molecule has 0 aliphatic carbocycles. The molecule has 0 aromatic heterocycles. The van der Waals surface area contributed by atoms with Gasteiger partial charge in [0.2, 0.25) is 11.8 Å². The van der Waals surface area contributed by atoms with Gasteiger partial charge in [-0.05, 0) is 12.3 Å². The van der Waals surface area contributed by atoms with Gasteiger partial charge in [0.05, 0.1) is 18.1 Å². The molecule has 2 heterocycles. The van der Waals surface area contributed by atoms with E-state index in [0.29, 0.717) is 4.91 Å². The highest BCUT2D eigenvalue weighted by Crippen LogP contribution is 2.47. The predicted octanol–water partition coefficient (Wildman–Crippen LogP) is 0.0617. The van der Waals surface area contributed by atoms with E-state index >= 15 is 0 Å². The Hall–Kier alpha value is -1.89. The number of amides is 2. The summed E-state index contributed by atoms with van der Waals surface area (Å²) in [5.74, 6) is -3.03. The summed E-state index contributed by atoms with van der Waals surface area (Å²) in [6.45, 7) is 2.63. The highest BCUT2D eigenvalue weighted by atomic mass is 32.3. The summed E-state index contributed by atoms with van der Waals surface area (Å²) in [4.78, 5) is 36.0. The molecule has 1 saturated heterocycles. The van der Waals surface area contributed by atoms with E-state index in [2.05, 4.69) is 9.50 Å². The van der Waals surface area contributed by atoms with Gasteiger partial charge in [0, 0.05) is 24.4 Å². The van der Waals surface area contributed by atoms with Crippen LogP contribution in [0.2, 0.25) is 0 Å². The van der Waals surface area contributed by atoms with Crippen molar-refractivity contribution in [2.45, 2.75) is 32.4 Å². The number of rotatable bonds is 7. The minimum absolute atomic E-state index is 0.178. The summed E-state index contributed by atoms with van der Waals surface area (Å²) in [5, 5.41) is 13.2. The number of nitrogens with zero attached hydrogens (tertiary/aromatic N) is 1. The molecule has 0 bridgehead atoms. The third-order valence-electron chi connectivity index (χ3n) is 3.71. The van der Waals surface area contributed by atoms with E-state index in [1.807, 2.05) is 0 Å². The van der Waals surface area contributed by atoms with Gasteiger partial charge < -0.3 is 15.3 Å². The van der Waals surface area contributed by atoms with E-state index in [4.69, 9.17) is 4.55 Å². The number of nitrogens with one attached hydrogen (secondary N) is 1. The lowest BCUT2D eigenvalue weighted by Gasteiger charge is -2.45. The first-order valence-electron chi connectivity index (χ1n) is 7.07. The summed E-state index contributed by atoms with van der Waals surface area (Å²) in [6.07, 6.45) is 0.420. The number of carboxylic acids is 1. The lowest BCUT2D eigenvalue weighted by atomic mass is 9.83. The molecule has 2 aliphatic rings. The Balaban J connectivity index is 2.14. The van der Waals surface area contributed by atoms with Gasteiger partial charge in [-0.2, -0.15) is 8.42 Å². The first-order valence-corrected chi connectivity index (χ1v) is 9.31. The van der Waals surface area contributed by atoms with Crippen LogP contribution in [0, 0.1) is 5.92 Å². The predicted molar refractivity (Wildman–Crippen MR) is 86.0 cm³/mol. The van der Waals surface area contributed by atoms with Crippen molar-refractivity contribution in [1.29, 1.82) is 0 Å². The van der Waals surface area contributed by atoms with E-state index in [0.717, 1.165) is 16.7 Å². The molecule has 1 unspecified atom stereocenters. The van der Waals surface area contributed by atoms with Gasteiger partial charge in [-0.3, -0.25) is 14.1 Å². The molecule has 2 amide bonds. The van der Waals surface area contributed by atoms with Crippen molar-refractivity contribution in [2.24, 2.45) is 5.92 Å². The van der Waals surface area contributed by atoms with Crippen molar-refractivity contribution in [1.82, 2.24) is 10.2 Å². The Morgan fingerprint density at radius 3 is 2.64 bits per heavy atom. The lowest BCUT2D eigenvalue weighted by molar-refractivity contribution is -0.160. The third-order valence-corrected chi connectivity index (χ3v) is 5.18. The number of carboxylic acid groups (broad SMARTS) is 1. The molecule has 3 atom stereocenters. The zero-order chi connectivity index (χ0) is 18.9. The highest BCUT2D eigenvalue weighted by Gasteiger charge is 2.57. The first-order chi connectivity index (χ1) is 11.5. The Morgan fingerprint density at radius 1 is 1.48 bits per heavy atom. The second-order valence-electron chi connectivity index (χ2n) is 5.43. The van der Waals surface area contributed by atoms with E-state index in [-0.39, 0.29) is 18.0 Å². The van der Waals surface area contributed by atoms with Crippen LogP contribution in [-0.2, 0) is 29.0 Å². The number of β-lactam (4-membered cyclic amide) rings is 1. The highest BCUT2D eigenvalue weighted by molar-refractivity contribution is 8.05. The van der Waals surface area contributed by atoms with Crippen molar-refractivity contribution in [2.75, 3.05) is 0 Å². The number of carbonyl (C=O) groups excluding carboxylic acids is 2. The number of carbonyl (C=O) groups is 3. The van der Waals surface area contributed by atoms with Crippen LogP contribution in [0.1, 0.15) is 20.3 Å². The molecule has 0 aromatic rings. The monoisotopic (exact) mass is 392 g/mol. The van der Waals surface area contributed by atoms with E-state index in [9.17, 15) is 27.9 Å². The Morgan fingerprint density at radius 2 is 2.12 bits per heavy atom. The quantitative estimate of drug-likeness (QED) is 0.403. The number of hydrogen-bond donors (Lipinski definition) is 3. The van der Waals surface area contributed by atoms with E-state index < -0.39 is 40.3 Å². The van der Waals surface area contributed by atoms with Gasteiger partial charge >= 0.3 is 16.4 Å². The molecule has 12 heteroatoms. The van der Waals surface area contributed by atoms with Crippen LogP contribution in [-0.4, -0.2) is 52.9 Å². The summed E-state index contributed by atoms with van der Waals surface area (Å²) in [6, 6.07) is -0.563. The second kappa shape index (κ2) is 7.15. The zero-order valence-corrected chi connectivity index (χ0v) is 14.8. The summed E-state index contributed by atoms with van der Waals surface area (Å²) in [7, 11) is -4.72. The molecule has 0 radical (unpaired) electrons. The van der Waals surface area contributed by atoms with Crippen LogP contribution in [0.3, 0.4) is 0 Å². The molecule has 25 heavy (non-hydrogen) atoms. The fraction of sp³-hybridized carbons (Fsp3) is 0.462. The average Bonchev–Trinajstić information content (AvgIpc) is 2.76. The standard InChI is InChI=1S/C13H16N2O8S2/c1-6(23-25(20,21)22)10-8-5-9(24-4-3-14-7(2)16)11(13(18)19)15(8)12(10)17/h3-4,6,8,10H,5H2,1-2H3,(H,14,16)(H,18,19)(H,20,21,22)/b4-3+/t6?,8-,10-/m1/s1. The van der Waals surface area contributed by atoms with Gasteiger partial charge in [0.25, 0.3) is 0 Å². The Kier molecular flexibility index (Phi) is 5.56. The summed E-state index contributed by atoms with van der Waals surface area (Å²) in [5.41, 5.74) is -0.178. The molecular weight excluding hydrogens is 376 g/mol. The maximum atomic E-state index is 12.2. The molecule has 0 saturated carbocycles. The van der Waals surface area contributed by atoms with E-state index in [1.54, 1.807) is 0 Å². The number of hydrogen-bond acceptors (Lipinski definition) is 7. The fourth-order valence-electron chi connectivity index (χ4n) is 2.84. The average molecular weight is 392 g/mol. The fourth-order valence-corrected chi connectivity index (χ4v) is 4.21. The maximum absolute atomic E-state index is 12.2. The van der Waals surface area contributed by atoms with Crippen molar-refractivity contribution in [3.05, 3.63) is 22.2 Å². The number of thioether (sulfide) groups is 1. The zero-order valence-electron chi connectivity index (χ0n) is 13.2. The summed E-state index contributed by atoms with van der Waals surface area (Å²) >= 11 is 1.04. The van der Waals surface area contributed by atoms with Crippen LogP contribution >= 0.6 is 11.8 Å². The smallest absolute Gasteiger partial charge is 0.397 e. The van der Waals surface area contributed by atoms with Crippen molar-refractivity contribution in [3.8, 4) is 0 Å². The molecule has 1 fully saturated rings. The molecule has 0 spiro atoms. The SMILES string of the molecule is CC(=O)N/C=C/SC1=C(C(=O)O)N2C(=O)[C@H](C(C)OS(=O)(=O)O)[C@H]2C1. The van der Waals surface area contributed by atoms with Gasteiger partial charge in [0.15, 0.2) is 0 Å². The lowest BCUT2D eigenvalue weighted by Crippen LogP contribution is -2.62. The Bertz CT molecular complexity index is 773. The molecule has 10 nitrogen and oxygen atoms in total. The van der Waals surface area contributed by atoms with Gasteiger partial charge in [-0.15, -0.1) is 0 Å². The third kappa shape index (κ3) is 4.21. The Labute approximate surface area is 147 Å².